The van der Waals surface area contributed by atoms with Crippen molar-refractivity contribution in [2.75, 3.05) is 0 Å². The van der Waals surface area contributed by atoms with E-state index in [0.717, 1.165) is 17.8 Å². The Kier molecular flexibility index (Phi) is 4.14. The Morgan fingerprint density at radius 3 is 3.00 bits per heavy atom. The van der Waals surface area contributed by atoms with Crippen molar-refractivity contribution in [1.82, 2.24) is 9.55 Å². The van der Waals surface area contributed by atoms with Gasteiger partial charge in [0.2, 0.25) is 0 Å². The minimum absolute atomic E-state index is 0.316. The Bertz CT molecular complexity index is 542. The number of aryl methyl sites for hydroxylation is 1. The smallest absolute Gasteiger partial charge is 0.137 e. The van der Waals surface area contributed by atoms with E-state index in [9.17, 15) is 9.50 Å². The standard InChI is InChI=1S/C13H14BrFN2O/c1-2-17-8-16-7-11(17)12(18)6-9-4-3-5-10(15)13(9)14/h3-5,7-8,12,18H,2,6H2,1H3. The van der Waals surface area contributed by atoms with Gasteiger partial charge in [0, 0.05) is 13.0 Å². The maximum atomic E-state index is 13.4. The van der Waals surface area contributed by atoms with Gasteiger partial charge in [0.1, 0.15) is 5.82 Å². The molecule has 0 radical (unpaired) electrons. The molecule has 18 heavy (non-hydrogen) atoms. The first-order valence-corrected chi connectivity index (χ1v) is 6.53. The van der Waals surface area contributed by atoms with Crippen LogP contribution >= 0.6 is 15.9 Å². The Balaban J connectivity index is 2.21. The molecule has 1 unspecified atom stereocenters. The predicted octanol–water partition coefficient (Wildman–Crippen LogP) is 3.08. The van der Waals surface area contributed by atoms with E-state index in [4.69, 9.17) is 0 Å². The molecule has 0 bridgehead atoms. The van der Waals surface area contributed by atoms with Gasteiger partial charge >= 0.3 is 0 Å². The number of aromatic nitrogens is 2. The van der Waals surface area contributed by atoms with Crippen LogP contribution in [0.15, 0.2) is 35.2 Å². The molecule has 0 aliphatic carbocycles. The van der Waals surface area contributed by atoms with E-state index in [1.165, 1.54) is 6.07 Å². The van der Waals surface area contributed by atoms with Crippen LogP contribution in [0, 0.1) is 5.82 Å². The normalized spacial score (nSPS) is 12.7. The van der Waals surface area contributed by atoms with Gasteiger partial charge in [-0.3, -0.25) is 0 Å². The molecule has 0 aliphatic heterocycles. The number of aliphatic hydroxyl groups excluding tert-OH is 1. The van der Waals surface area contributed by atoms with Crippen molar-refractivity contribution in [3.8, 4) is 0 Å². The molecule has 1 heterocycles. The molecule has 96 valence electrons. The van der Waals surface area contributed by atoms with Crippen LogP contribution in [0.25, 0.3) is 0 Å². The monoisotopic (exact) mass is 312 g/mol. The second kappa shape index (κ2) is 5.63. The van der Waals surface area contributed by atoms with E-state index < -0.39 is 6.10 Å². The number of nitrogens with zero attached hydrogens (tertiary/aromatic N) is 2. The van der Waals surface area contributed by atoms with Gasteiger partial charge in [-0.25, -0.2) is 9.37 Å². The molecule has 3 nitrogen and oxygen atoms in total. The van der Waals surface area contributed by atoms with Crippen molar-refractivity contribution >= 4 is 15.9 Å². The molecule has 1 N–H and O–H groups in total. The lowest BCUT2D eigenvalue weighted by Crippen LogP contribution is -2.09. The zero-order valence-electron chi connectivity index (χ0n) is 9.98. The van der Waals surface area contributed by atoms with Gasteiger partial charge in [-0.2, -0.15) is 0 Å². The van der Waals surface area contributed by atoms with Crippen molar-refractivity contribution in [1.29, 1.82) is 0 Å². The Morgan fingerprint density at radius 2 is 2.28 bits per heavy atom. The summed E-state index contributed by atoms with van der Waals surface area (Å²) in [7, 11) is 0. The average Bonchev–Trinajstić information content (AvgIpc) is 2.83. The van der Waals surface area contributed by atoms with Crippen LogP contribution < -0.4 is 0 Å². The maximum Gasteiger partial charge on any atom is 0.137 e. The van der Waals surface area contributed by atoms with Crippen LogP contribution in [0.4, 0.5) is 4.39 Å². The van der Waals surface area contributed by atoms with Crippen LogP contribution in [0.2, 0.25) is 0 Å². The first-order chi connectivity index (χ1) is 8.63. The summed E-state index contributed by atoms with van der Waals surface area (Å²) in [5, 5.41) is 10.2. The molecule has 0 amide bonds. The summed E-state index contributed by atoms with van der Waals surface area (Å²) in [6, 6.07) is 4.82. The van der Waals surface area contributed by atoms with Crippen molar-refractivity contribution in [2.24, 2.45) is 0 Å². The van der Waals surface area contributed by atoms with E-state index in [1.54, 1.807) is 24.7 Å². The summed E-state index contributed by atoms with van der Waals surface area (Å²) in [5.41, 5.74) is 1.49. The molecule has 5 heteroatoms. The second-order valence-corrected chi connectivity index (χ2v) is 4.83. The Morgan fingerprint density at radius 1 is 1.50 bits per heavy atom. The molecule has 0 spiro atoms. The van der Waals surface area contributed by atoms with Crippen molar-refractivity contribution in [3.63, 3.8) is 0 Å². The lowest BCUT2D eigenvalue weighted by atomic mass is 10.1. The average molecular weight is 313 g/mol. The number of benzene rings is 1. The van der Waals surface area contributed by atoms with E-state index in [0.29, 0.717) is 10.9 Å². The summed E-state index contributed by atoms with van der Waals surface area (Å²) < 4.78 is 15.7. The van der Waals surface area contributed by atoms with Crippen molar-refractivity contribution in [2.45, 2.75) is 26.0 Å². The van der Waals surface area contributed by atoms with E-state index >= 15 is 0 Å². The van der Waals surface area contributed by atoms with Gasteiger partial charge in [-0.15, -0.1) is 0 Å². The van der Waals surface area contributed by atoms with Gasteiger partial charge in [0.25, 0.3) is 0 Å². The third-order valence-corrected chi connectivity index (χ3v) is 3.76. The second-order valence-electron chi connectivity index (χ2n) is 4.04. The molecular formula is C13H14BrFN2O. The minimum atomic E-state index is -0.689. The molecular weight excluding hydrogens is 299 g/mol. The van der Waals surface area contributed by atoms with E-state index in [-0.39, 0.29) is 5.82 Å². The van der Waals surface area contributed by atoms with Gasteiger partial charge in [-0.05, 0) is 34.5 Å². The lowest BCUT2D eigenvalue weighted by molar-refractivity contribution is 0.168. The van der Waals surface area contributed by atoms with Gasteiger partial charge in [0.05, 0.1) is 28.8 Å². The highest BCUT2D eigenvalue weighted by Gasteiger charge is 2.15. The molecule has 0 fully saturated rings. The minimum Gasteiger partial charge on any atom is -0.386 e. The van der Waals surface area contributed by atoms with Gasteiger partial charge in [0.15, 0.2) is 0 Å². The van der Waals surface area contributed by atoms with Crippen LogP contribution in [-0.2, 0) is 13.0 Å². The highest BCUT2D eigenvalue weighted by atomic mass is 79.9. The van der Waals surface area contributed by atoms with Crippen molar-refractivity contribution in [3.05, 3.63) is 52.3 Å². The molecule has 0 saturated carbocycles. The predicted molar refractivity (Wildman–Crippen MR) is 70.7 cm³/mol. The van der Waals surface area contributed by atoms with E-state index in [2.05, 4.69) is 20.9 Å². The fraction of sp³-hybridized carbons (Fsp3) is 0.308. The summed E-state index contributed by atoms with van der Waals surface area (Å²) in [6.45, 7) is 2.73. The summed E-state index contributed by atoms with van der Waals surface area (Å²) in [5.74, 6) is -0.316. The topological polar surface area (TPSA) is 38.0 Å². The molecule has 2 rings (SSSR count). The molecule has 1 aromatic carbocycles. The number of halogens is 2. The Labute approximate surface area is 113 Å². The summed E-state index contributed by atoms with van der Waals surface area (Å²) in [6.07, 6.45) is 2.98. The highest BCUT2D eigenvalue weighted by Crippen LogP contribution is 2.25. The van der Waals surface area contributed by atoms with Gasteiger partial charge in [-0.1, -0.05) is 12.1 Å². The quantitative estimate of drug-likeness (QED) is 0.942. The largest absolute Gasteiger partial charge is 0.386 e. The summed E-state index contributed by atoms with van der Waals surface area (Å²) >= 11 is 3.20. The molecule has 0 saturated heterocycles. The summed E-state index contributed by atoms with van der Waals surface area (Å²) in [4.78, 5) is 4.01. The van der Waals surface area contributed by atoms with Crippen molar-refractivity contribution < 1.29 is 9.50 Å². The lowest BCUT2D eigenvalue weighted by Gasteiger charge is -2.13. The highest BCUT2D eigenvalue weighted by molar-refractivity contribution is 9.10. The van der Waals surface area contributed by atoms with Crippen LogP contribution in [0.1, 0.15) is 24.3 Å². The zero-order valence-corrected chi connectivity index (χ0v) is 11.6. The Hall–Kier alpha value is -1.20. The first kappa shape index (κ1) is 13.2. The fourth-order valence-electron chi connectivity index (χ4n) is 1.89. The molecule has 2 aromatic rings. The van der Waals surface area contributed by atoms with Crippen LogP contribution in [0.5, 0.6) is 0 Å². The molecule has 1 aromatic heterocycles. The third kappa shape index (κ3) is 2.62. The zero-order chi connectivity index (χ0) is 13.1. The number of aliphatic hydroxyl groups is 1. The van der Waals surface area contributed by atoms with Crippen LogP contribution in [0.3, 0.4) is 0 Å². The first-order valence-electron chi connectivity index (χ1n) is 5.74. The number of rotatable bonds is 4. The third-order valence-electron chi connectivity index (χ3n) is 2.87. The number of hydrogen-bond donors (Lipinski definition) is 1. The molecule has 0 aliphatic rings. The SMILES string of the molecule is CCn1cncc1C(O)Cc1cccc(F)c1Br. The van der Waals surface area contributed by atoms with Crippen LogP contribution in [-0.4, -0.2) is 14.7 Å². The maximum absolute atomic E-state index is 13.4. The number of hydrogen-bond acceptors (Lipinski definition) is 2. The number of imidazole rings is 1. The molecule has 1 atom stereocenters. The van der Waals surface area contributed by atoms with Gasteiger partial charge < -0.3 is 9.67 Å². The van der Waals surface area contributed by atoms with E-state index in [1.807, 2.05) is 11.5 Å². The fourth-order valence-corrected chi connectivity index (χ4v) is 2.32.